The standard InChI is InChI=1S/C17H23NO4/c1-22-15-5-3-2-4-13(15)10-14(17(20)21)11-18-16(19)9-8-12-6-7-12/h2-5,12,14H,6-11H2,1H3,(H,18,19)(H,20,21). The number of amides is 1. The summed E-state index contributed by atoms with van der Waals surface area (Å²) in [6, 6.07) is 7.36. The van der Waals surface area contributed by atoms with Crippen molar-refractivity contribution >= 4 is 11.9 Å². The Balaban J connectivity index is 1.86. The number of benzene rings is 1. The number of ether oxygens (including phenoxy) is 1. The van der Waals surface area contributed by atoms with Crippen molar-refractivity contribution in [1.82, 2.24) is 5.32 Å². The summed E-state index contributed by atoms with van der Waals surface area (Å²) in [6.45, 7) is 0.150. The van der Waals surface area contributed by atoms with E-state index in [0.29, 0.717) is 24.5 Å². The molecule has 1 saturated carbocycles. The van der Waals surface area contributed by atoms with Gasteiger partial charge in [-0.3, -0.25) is 9.59 Å². The molecule has 1 aliphatic carbocycles. The van der Waals surface area contributed by atoms with Gasteiger partial charge in [0.2, 0.25) is 5.91 Å². The van der Waals surface area contributed by atoms with E-state index in [4.69, 9.17) is 4.74 Å². The lowest BCUT2D eigenvalue weighted by molar-refractivity contribution is -0.141. The van der Waals surface area contributed by atoms with Crippen molar-refractivity contribution in [2.24, 2.45) is 11.8 Å². The van der Waals surface area contributed by atoms with Crippen LogP contribution in [0.15, 0.2) is 24.3 Å². The van der Waals surface area contributed by atoms with Gasteiger partial charge in [-0.15, -0.1) is 0 Å². The van der Waals surface area contributed by atoms with Crippen molar-refractivity contribution in [1.29, 1.82) is 0 Å². The van der Waals surface area contributed by atoms with Crippen LogP contribution >= 0.6 is 0 Å². The first-order valence-corrected chi connectivity index (χ1v) is 7.71. The molecule has 0 aromatic heterocycles. The van der Waals surface area contributed by atoms with E-state index in [0.717, 1.165) is 12.0 Å². The summed E-state index contributed by atoms with van der Waals surface area (Å²) >= 11 is 0. The molecule has 5 heteroatoms. The topological polar surface area (TPSA) is 75.6 Å². The highest BCUT2D eigenvalue weighted by Gasteiger charge is 2.23. The van der Waals surface area contributed by atoms with Crippen LogP contribution in [0.3, 0.4) is 0 Å². The smallest absolute Gasteiger partial charge is 0.308 e. The molecule has 0 heterocycles. The Labute approximate surface area is 130 Å². The molecule has 0 spiro atoms. The van der Waals surface area contributed by atoms with Crippen LogP contribution in [0.25, 0.3) is 0 Å². The number of carboxylic acid groups (broad SMARTS) is 1. The Morgan fingerprint density at radius 2 is 2.09 bits per heavy atom. The fraction of sp³-hybridized carbons (Fsp3) is 0.529. The molecule has 2 rings (SSSR count). The highest BCUT2D eigenvalue weighted by Crippen LogP contribution is 2.33. The van der Waals surface area contributed by atoms with Crippen molar-refractivity contribution in [3.8, 4) is 5.75 Å². The van der Waals surface area contributed by atoms with E-state index in [1.165, 1.54) is 12.8 Å². The number of para-hydroxylation sites is 1. The number of carbonyl (C=O) groups is 2. The molecule has 0 saturated heterocycles. The predicted octanol–water partition coefficient (Wildman–Crippen LogP) is 2.24. The lowest BCUT2D eigenvalue weighted by Gasteiger charge is -2.15. The number of aliphatic carboxylic acids is 1. The first-order valence-electron chi connectivity index (χ1n) is 7.71. The van der Waals surface area contributed by atoms with Gasteiger partial charge in [0.05, 0.1) is 13.0 Å². The van der Waals surface area contributed by atoms with Gasteiger partial charge in [-0.2, -0.15) is 0 Å². The summed E-state index contributed by atoms with van der Waals surface area (Å²) in [5, 5.41) is 12.1. The maximum absolute atomic E-state index is 11.7. The van der Waals surface area contributed by atoms with Gasteiger partial charge >= 0.3 is 5.97 Å². The minimum Gasteiger partial charge on any atom is -0.496 e. The largest absolute Gasteiger partial charge is 0.496 e. The van der Waals surface area contributed by atoms with E-state index in [9.17, 15) is 14.7 Å². The molecule has 5 nitrogen and oxygen atoms in total. The SMILES string of the molecule is COc1ccccc1CC(CNC(=O)CCC1CC1)C(=O)O. The summed E-state index contributed by atoms with van der Waals surface area (Å²) < 4.78 is 5.24. The fourth-order valence-corrected chi connectivity index (χ4v) is 2.45. The van der Waals surface area contributed by atoms with Gasteiger partial charge in [0.1, 0.15) is 5.75 Å². The van der Waals surface area contributed by atoms with Crippen molar-refractivity contribution in [3.05, 3.63) is 29.8 Å². The molecule has 1 amide bonds. The van der Waals surface area contributed by atoms with Crippen molar-refractivity contribution in [2.45, 2.75) is 32.1 Å². The molecule has 1 unspecified atom stereocenters. The van der Waals surface area contributed by atoms with Gasteiger partial charge in [-0.1, -0.05) is 31.0 Å². The van der Waals surface area contributed by atoms with E-state index in [1.807, 2.05) is 24.3 Å². The molecule has 1 aromatic rings. The molecule has 0 bridgehead atoms. The minimum absolute atomic E-state index is 0.0572. The average Bonchev–Trinajstić information content (AvgIpc) is 3.33. The Kier molecular flexibility index (Phi) is 5.81. The van der Waals surface area contributed by atoms with Gasteiger partial charge in [0, 0.05) is 13.0 Å². The maximum Gasteiger partial charge on any atom is 0.308 e. The van der Waals surface area contributed by atoms with E-state index < -0.39 is 11.9 Å². The second kappa shape index (κ2) is 7.82. The Morgan fingerprint density at radius 1 is 1.36 bits per heavy atom. The molecule has 2 N–H and O–H groups in total. The molecular formula is C17H23NO4. The molecule has 1 fully saturated rings. The van der Waals surface area contributed by atoms with Crippen molar-refractivity contribution in [2.75, 3.05) is 13.7 Å². The first-order chi connectivity index (χ1) is 10.6. The zero-order valence-corrected chi connectivity index (χ0v) is 12.9. The molecule has 1 aliphatic rings. The monoisotopic (exact) mass is 305 g/mol. The summed E-state index contributed by atoms with van der Waals surface area (Å²) in [5.74, 6) is -0.240. The van der Waals surface area contributed by atoms with Gasteiger partial charge in [-0.05, 0) is 30.4 Å². The number of nitrogens with one attached hydrogen (secondary N) is 1. The van der Waals surface area contributed by atoms with E-state index in [1.54, 1.807) is 7.11 Å². The predicted molar refractivity (Wildman–Crippen MR) is 82.8 cm³/mol. The first kappa shape index (κ1) is 16.3. The highest BCUT2D eigenvalue weighted by molar-refractivity contribution is 5.77. The third kappa shape index (κ3) is 5.06. The van der Waals surface area contributed by atoms with E-state index >= 15 is 0 Å². The summed E-state index contributed by atoms with van der Waals surface area (Å²) in [6.07, 6.45) is 4.18. The second-order valence-corrected chi connectivity index (χ2v) is 5.84. The van der Waals surface area contributed by atoms with Crippen LogP contribution in [0.2, 0.25) is 0 Å². The van der Waals surface area contributed by atoms with Crippen LogP contribution in [0.5, 0.6) is 5.75 Å². The molecule has 1 atom stereocenters. The quantitative estimate of drug-likeness (QED) is 0.733. The average molecular weight is 305 g/mol. The summed E-state index contributed by atoms with van der Waals surface area (Å²) in [5.41, 5.74) is 0.838. The van der Waals surface area contributed by atoms with Crippen LogP contribution in [0.1, 0.15) is 31.2 Å². The summed E-state index contributed by atoms with van der Waals surface area (Å²) in [7, 11) is 1.56. The number of rotatable bonds is 9. The fourth-order valence-electron chi connectivity index (χ4n) is 2.45. The lowest BCUT2D eigenvalue weighted by Crippen LogP contribution is -2.34. The summed E-state index contributed by atoms with van der Waals surface area (Å²) in [4.78, 5) is 23.1. The van der Waals surface area contributed by atoms with Gasteiger partial charge in [-0.25, -0.2) is 0 Å². The second-order valence-electron chi connectivity index (χ2n) is 5.84. The molecule has 22 heavy (non-hydrogen) atoms. The van der Waals surface area contributed by atoms with Crippen LogP contribution in [0.4, 0.5) is 0 Å². The molecule has 0 radical (unpaired) electrons. The number of methoxy groups -OCH3 is 1. The van der Waals surface area contributed by atoms with Crippen LogP contribution in [-0.2, 0) is 16.0 Å². The normalized spacial score (nSPS) is 15.1. The molecule has 120 valence electrons. The van der Waals surface area contributed by atoms with E-state index in [-0.39, 0.29) is 12.5 Å². The minimum atomic E-state index is -0.909. The van der Waals surface area contributed by atoms with Crippen molar-refractivity contribution in [3.63, 3.8) is 0 Å². The lowest BCUT2D eigenvalue weighted by atomic mass is 9.98. The van der Waals surface area contributed by atoms with E-state index in [2.05, 4.69) is 5.32 Å². The van der Waals surface area contributed by atoms with Crippen molar-refractivity contribution < 1.29 is 19.4 Å². The zero-order chi connectivity index (χ0) is 15.9. The third-order valence-electron chi connectivity index (χ3n) is 4.03. The molecule has 0 aliphatic heterocycles. The Morgan fingerprint density at radius 3 is 2.73 bits per heavy atom. The highest BCUT2D eigenvalue weighted by atomic mass is 16.5. The van der Waals surface area contributed by atoms with Crippen LogP contribution in [-0.4, -0.2) is 30.6 Å². The Bertz CT molecular complexity index is 525. The van der Waals surface area contributed by atoms with Crippen LogP contribution in [0, 0.1) is 11.8 Å². The molecule has 1 aromatic carbocycles. The Hall–Kier alpha value is -2.04. The zero-order valence-electron chi connectivity index (χ0n) is 12.9. The van der Waals surface area contributed by atoms with Gasteiger partial charge < -0.3 is 15.2 Å². The maximum atomic E-state index is 11.7. The number of carbonyl (C=O) groups excluding carboxylic acids is 1. The number of hydrogen-bond donors (Lipinski definition) is 2. The third-order valence-corrected chi connectivity index (χ3v) is 4.03. The van der Waals surface area contributed by atoms with Crippen LogP contribution < -0.4 is 10.1 Å². The number of hydrogen-bond acceptors (Lipinski definition) is 3. The van der Waals surface area contributed by atoms with Gasteiger partial charge in [0.25, 0.3) is 0 Å². The number of carboxylic acids is 1. The molecular weight excluding hydrogens is 282 g/mol. The van der Waals surface area contributed by atoms with Gasteiger partial charge in [0.15, 0.2) is 0 Å².